The fraction of sp³-hybridized carbons (Fsp3) is 0.579. The van der Waals surface area contributed by atoms with Gasteiger partial charge < -0.3 is 51.6 Å². The molecule has 2 aromatic carbocycles. The van der Waals surface area contributed by atoms with E-state index in [1.54, 1.807) is 12.1 Å². The number of anilines is 1. The molecule has 18 heteroatoms. The van der Waals surface area contributed by atoms with E-state index in [0.717, 1.165) is 16.8 Å². The molecule has 56 heavy (non-hydrogen) atoms. The zero-order chi connectivity index (χ0) is 41.1. The molecule has 0 heterocycles. The van der Waals surface area contributed by atoms with E-state index in [0.29, 0.717) is 90.8 Å². The van der Waals surface area contributed by atoms with Crippen molar-refractivity contribution >= 4 is 53.3 Å². The first-order valence-electron chi connectivity index (χ1n) is 19.5. The number of carbonyl (C=O) groups excluding carboxylic acids is 2. The average molecular weight is 823 g/mol. The number of alkyl carbamates (subject to hydrolysis) is 2. The van der Waals surface area contributed by atoms with Crippen molar-refractivity contribution in [3.8, 4) is 0 Å². The normalized spacial score (nSPS) is 11.8. The van der Waals surface area contributed by atoms with Crippen molar-refractivity contribution in [2.24, 2.45) is 0 Å². The molecule has 0 saturated heterocycles. The third-order valence-electron chi connectivity index (χ3n) is 8.06. The van der Waals surface area contributed by atoms with Gasteiger partial charge in [-0.3, -0.25) is 10.1 Å². The van der Waals surface area contributed by atoms with Crippen LogP contribution in [0.3, 0.4) is 0 Å². The summed E-state index contributed by atoms with van der Waals surface area (Å²) in [6.45, 7) is 15.9. The Hall–Kier alpha value is -3.89. The summed E-state index contributed by atoms with van der Waals surface area (Å²) in [5, 5.41) is 16.5. The summed E-state index contributed by atoms with van der Waals surface area (Å²) < 4.78 is 46.3. The number of nitro groups is 1. The minimum Gasteiger partial charge on any atom is -0.448 e. The summed E-state index contributed by atoms with van der Waals surface area (Å²) >= 11 is 0. The summed E-state index contributed by atoms with van der Waals surface area (Å²) in [7, 11) is -5.61. The van der Waals surface area contributed by atoms with E-state index < -0.39 is 34.7 Å². The van der Waals surface area contributed by atoms with E-state index in [1.807, 2.05) is 82.9 Å². The number of amides is 2. The summed E-state index contributed by atoms with van der Waals surface area (Å²) in [5.41, 5.74) is 2.60. The van der Waals surface area contributed by atoms with Gasteiger partial charge >= 0.3 is 29.8 Å². The standard InChI is InChI=1S/C38H62N4O12Si2/c1-7-49-55(50-8-2,51-9-3)31-13-25-39-37(43)47-29-27-41(28-30-48-38(44)40-26-14-32-56(52-10-4,53-11-5)54-12-6)35-21-17-33(18-22-35)15-16-34-19-23-36(24-20-34)42(45)46/h15-24H,7-14,25-32H2,1-6H3,(H,39,43)(H,40,44)/b16-15+. The highest BCUT2D eigenvalue weighted by atomic mass is 28.4. The first-order chi connectivity index (χ1) is 27.1. The van der Waals surface area contributed by atoms with Gasteiger partial charge in [0.2, 0.25) is 0 Å². The summed E-state index contributed by atoms with van der Waals surface area (Å²) in [5.74, 6) is 0. The second-order valence-electron chi connectivity index (χ2n) is 12.1. The number of hydrogen-bond donors (Lipinski definition) is 2. The number of ether oxygens (including phenoxy) is 2. The molecule has 2 amide bonds. The highest BCUT2D eigenvalue weighted by Crippen LogP contribution is 2.20. The second-order valence-corrected chi connectivity index (χ2v) is 17.5. The molecule has 0 fully saturated rings. The Morgan fingerprint density at radius 2 is 0.982 bits per heavy atom. The number of rotatable bonds is 30. The van der Waals surface area contributed by atoms with Crippen molar-refractivity contribution < 1.29 is 50.5 Å². The predicted octanol–water partition coefficient (Wildman–Crippen LogP) is 6.90. The highest BCUT2D eigenvalue weighted by Gasteiger charge is 2.40. The zero-order valence-electron chi connectivity index (χ0n) is 33.9. The lowest BCUT2D eigenvalue weighted by atomic mass is 10.1. The van der Waals surface area contributed by atoms with Crippen LogP contribution in [0.4, 0.5) is 21.0 Å². The number of carbonyl (C=O) groups is 2. The first kappa shape index (κ1) is 48.3. The number of hydrogen-bond acceptors (Lipinski definition) is 13. The molecule has 0 aliphatic carbocycles. The number of benzene rings is 2. The topological polar surface area (TPSA) is 178 Å². The molecule has 2 rings (SSSR count). The van der Waals surface area contributed by atoms with E-state index in [4.69, 9.17) is 36.0 Å². The highest BCUT2D eigenvalue weighted by molar-refractivity contribution is 6.61. The average Bonchev–Trinajstić information content (AvgIpc) is 3.18. The van der Waals surface area contributed by atoms with E-state index in [-0.39, 0.29) is 18.9 Å². The maximum Gasteiger partial charge on any atom is 0.500 e. The van der Waals surface area contributed by atoms with E-state index in [2.05, 4.69) is 10.6 Å². The lowest BCUT2D eigenvalue weighted by Gasteiger charge is -2.28. The summed E-state index contributed by atoms with van der Waals surface area (Å²) in [4.78, 5) is 37.6. The molecular formula is C38H62N4O12Si2. The lowest BCUT2D eigenvalue weighted by Crippen LogP contribution is -2.46. The zero-order valence-corrected chi connectivity index (χ0v) is 35.9. The van der Waals surface area contributed by atoms with Crippen LogP contribution >= 0.6 is 0 Å². The monoisotopic (exact) mass is 822 g/mol. The van der Waals surface area contributed by atoms with Crippen LogP contribution < -0.4 is 15.5 Å². The third kappa shape index (κ3) is 18.4. The van der Waals surface area contributed by atoms with E-state index >= 15 is 0 Å². The smallest absolute Gasteiger partial charge is 0.448 e. The van der Waals surface area contributed by atoms with Gasteiger partial charge in [-0.15, -0.1) is 0 Å². The largest absolute Gasteiger partial charge is 0.500 e. The molecule has 0 aliphatic heterocycles. The van der Waals surface area contributed by atoms with Crippen LogP contribution in [0.25, 0.3) is 12.2 Å². The first-order valence-corrected chi connectivity index (χ1v) is 23.4. The third-order valence-corrected chi connectivity index (χ3v) is 14.4. The molecule has 0 bridgehead atoms. The molecule has 314 valence electrons. The molecule has 0 spiro atoms. The van der Waals surface area contributed by atoms with Crippen LogP contribution in [0.1, 0.15) is 65.5 Å². The maximum atomic E-state index is 12.6. The number of nitrogens with one attached hydrogen (secondary N) is 2. The number of non-ortho nitro benzene ring substituents is 1. The van der Waals surface area contributed by atoms with Gasteiger partial charge in [0.05, 0.1) is 18.0 Å². The Morgan fingerprint density at radius 3 is 1.32 bits per heavy atom. The molecule has 2 N–H and O–H groups in total. The summed E-state index contributed by atoms with van der Waals surface area (Å²) in [6, 6.07) is 15.1. The SMILES string of the molecule is CCO[Si](CCCNC(=O)OCCN(CCOC(=O)NCCC[Si](OCC)(OCC)OCC)c1ccc(/C=C/c2ccc([N+](=O)[O-])cc2)cc1)(OCC)OCC. The van der Waals surface area contributed by atoms with Gasteiger partial charge in [0.25, 0.3) is 5.69 Å². The molecule has 2 aromatic rings. The second kappa shape index (κ2) is 27.7. The van der Waals surface area contributed by atoms with Gasteiger partial charge in [0.15, 0.2) is 0 Å². The van der Waals surface area contributed by atoms with Gasteiger partial charge in [-0.25, -0.2) is 9.59 Å². The van der Waals surface area contributed by atoms with Crippen molar-refractivity contribution in [1.82, 2.24) is 10.6 Å². The Balaban J connectivity index is 1.98. The van der Waals surface area contributed by atoms with Crippen molar-refractivity contribution in [2.75, 3.05) is 83.9 Å². The van der Waals surface area contributed by atoms with Crippen LogP contribution in [0.15, 0.2) is 48.5 Å². The minimum atomic E-state index is -2.81. The predicted molar refractivity (Wildman–Crippen MR) is 219 cm³/mol. The molecule has 16 nitrogen and oxygen atoms in total. The van der Waals surface area contributed by atoms with Crippen LogP contribution in [-0.2, 0) is 36.0 Å². The lowest BCUT2D eigenvalue weighted by molar-refractivity contribution is -0.384. The Morgan fingerprint density at radius 1 is 0.625 bits per heavy atom. The molecule has 0 unspecified atom stereocenters. The van der Waals surface area contributed by atoms with Gasteiger partial charge in [-0.05, 0) is 89.8 Å². The van der Waals surface area contributed by atoms with Gasteiger partial charge in [0, 0.05) is 82.6 Å². The van der Waals surface area contributed by atoms with Crippen LogP contribution in [0, 0.1) is 10.1 Å². The number of nitrogens with zero attached hydrogens (tertiary/aromatic N) is 2. The fourth-order valence-corrected chi connectivity index (χ4v) is 10.9. The molecule has 0 aromatic heterocycles. The van der Waals surface area contributed by atoms with Crippen molar-refractivity contribution in [2.45, 2.75) is 66.5 Å². The Kier molecular flexibility index (Phi) is 23.8. The maximum absolute atomic E-state index is 12.6. The van der Waals surface area contributed by atoms with Crippen molar-refractivity contribution in [3.05, 3.63) is 69.8 Å². The van der Waals surface area contributed by atoms with Crippen LogP contribution in [-0.4, -0.2) is 114 Å². The number of nitro benzene ring substituents is 1. The van der Waals surface area contributed by atoms with Crippen LogP contribution in [0.2, 0.25) is 12.1 Å². The molecule has 0 atom stereocenters. The van der Waals surface area contributed by atoms with Gasteiger partial charge in [-0.1, -0.05) is 24.3 Å². The Labute approximate surface area is 334 Å². The van der Waals surface area contributed by atoms with Gasteiger partial charge in [-0.2, -0.15) is 0 Å². The van der Waals surface area contributed by atoms with E-state index in [9.17, 15) is 19.7 Å². The van der Waals surface area contributed by atoms with Crippen molar-refractivity contribution in [3.63, 3.8) is 0 Å². The molecule has 0 saturated carbocycles. The molecule has 0 aliphatic rings. The van der Waals surface area contributed by atoms with E-state index in [1.165, 1.54) is 12.1 Å². The minimum absolute atomic E-state index is 0.0321. The summed E-state index contributed by atoms with van der Waals surface area (Å²) in [6.07, 6.45) is 3.89. The molecule has 0 radical (unpaired) electrons. The van der Waals surface area contributed by atoms with Crippen LogP contribution in [0.5, 0.6) is 0 Å². The quantitative estimate of drug-likeness (QED) is 0.0274. The Bertz CT molecular complexity index is 1350. The fourth-order valence-electron chi connectivity index (χ4n) is 5.66. The van der Waals surface area contributed by atoms with Crippen molar-refractivity contribution in [1.29, 1.82) is 0 Å². The van der Waals surface area contributed by atoms with Gasteiger partial charge in [0.1, 0.15) is 13.2 Å². The molecular weight excluding hydrogens is 761 g/mol.